The first-order chi connectivity index (χ1) is 8.37. The third-order valence-electron chi connectivity index (χ3n) is 2.93. The van der Waals surface area contributed by atoms with Gasteiger partial charge in [-0.3, -0.25) is 0 Å². The highest BCUT2D eigenvalue weighted by atomic mass is 16.6. The van der Waals surface area contributed by atoms with E-state index in [9.17, 15) is 4.79 Å². The van der Waals surface area contributed by atoms with Gasteiger partial charge in [-0.05, 0) is 53.0 Å². The topological polar surface area (TPSA) is 76.4 Å². The van der Waals surface area contributed by atoms with Crippen molar-refractivity contribution in [2.45, 2.75) is 64.1 Å². The van der Waals surface area contributed by atoms with E-state index in [1.165, 1.54) is 6.42 Å². The van der Waals surface area contributed by atoms with Gasteiger partial charge in [0, 0.05) is 18.6 Å². The first-order valence-electron chi connectivity index (χ1n) is 6.82. The van der Waals surface area contributed by atoms with Crippen LogP contribution in [0.15, 0.2) is 0 Å². The van der Waals surface area contributed by atoms with Crippen LogP contribution in [0.1, 0.15) is 46.5 Å². The minimum absolute atomic E-state index is 0.342. The lowest BCUT2D eigenvalue weighted by molar-refractivity contribution is 0.0527. The zero-order valence-electron chi connectivity index (χ0n) is 11.8. The summed E-state index contributed by atoms with van der Waals surface area (Å²) in [5.74, 6) is 0. The molecule has 0 spiro atoms. The molecule has 0 radical (unpaired) electrons. The highest BCUT2D eigenvalue weighted by Gasteiger charge is 2.20. The summed E-state index contributed by atoms with van der Waals surface area (Å²) in [5, 5.41) is 6.21. The standard InChI is InChI=1S/C13H27N3O2/c1-13(2,3)18-12(17)16-8-4-7-15-11-6-5-10(14)9-11/h10-11,15H,4-9,14H2,1-3H3,(H,16,17). The lowest BCUT2D eigenvalue weighted by Gasteiger charge is -2.19. The molecule has 1 fully saturated rings. The quantitative estimate of drug-likeness (QED) is 0.650. The second kappa shape index (κ2) is 6.95. The largest absolute Gasteiger partial charge is 0.444 e. The number of alkyl carbamates (subject to hydrolysis) is 1. The average Bonchev–Trinajstić information content (AvgIpc) is 2.61. The van der Waals surface area contributed by atoms with Gasteiger partial charge in [0.2, 0.25) is 0 Å². The smallest absolute Gasteiger partial charge is 0.407 e. The van der Waals surface area contributed by atoms with Crippen molar-refractivity contribution >= 4 is 6.09 Å². The molecule has 0 saturated heterocycles. The Morgan fingerprint density at radius 1 is 1.33 bits per heavy atom. The van der Waals surface area contributed by atoms with Crippen molar-refractivity contribution in [1.29, 1.82) is 0 Å². The fourth-order valence-corrected chi connectivity index (χ4v) is 2.10. The first-order valence-corrected chi connectivity index (χ1v) is 6.82. The van der Waals surface area contributed by atoms with Crippen LogP contribution >= 0.6 is 0 Å². The molecule has 0 aromatic carbocycles. The Morgan fingerprint density at radius 3 is 2.61 bits per heavy atom. The summed E-state index contributed by atoms with van der Waals surface area (Å²) in [6, 6.07) is 0.920. The van der Waals surface area contributed by atoms with Crippen molar-refractivity contribution in [2.24, 2.45) is 5.73 Å². The number of carbonyl (C=O) groups excluding carboxylic acids is 1. The zero-order chi connectivity index (χ0) is 13.6. The van der Waals surface area contributed by atoms with Crippen LogP contribution < -0.4 is 16.4 Å². The summed E-state index contributed by atoms with van der Waals surface area (Å²) in [5.41, 5.74) is 5.41. The molecule has 5 heteroatoms. The maximum atomic E-state index is 11.4. The average molecular weight is 257 g/mol. The first kappa shape index (κ1) is 15.2. The molecule has 1 aliphatic carbocycles. The molecule has 5 nitrogen and oxygen atoms in total. The SMILES string of the molecule is CC(C)(C)OC(=O)NCCCNC1CCC(N)C1. The van der Waals surface area contributed by atoms with Crippen LogP contribution in [-0.4, -0.2) is 36.9 Å². The third kappa shape index (κ3) is 6.81. The Kier molecular flexibility index (Phi) is 5.88. The number of amides is 1. The number of ether oxygens (including phenoxy) is 1. The Balaban J connectivity index is 1.97. The number of rotatable bonds is 5. The summed E-state index contributed by atoms with van der Waals surface area (Å²) in [6.45, 7) is 7.13. The molecule has 1 saturated carbocycles. The Bertz CT molecular complexity index is 263. The third-order valence-corrected chi connectivity index (χ3v) is 2.93. The van der Waals surface area contributed by atoms with Gasteiger partial charge in [-0.1, -0.05) is 0 Å². The Labute approximate surface area is 110 Å². The van der Waals surface area contributed by atoms with E-state index < -0.39 is 5.60 Å². The second-order valence-corrected chi connectivity index (χ2v) is 6.01. The van der Waals surface area contributed by atoms with E-state index in [2.05, 4.69) is 10.6 Å². The summed E-state index contributed by atoms with van der Waals surface area (Å²) in [6.07, 6.45) is 3.92. The highest BCUT2D eigenvalue weighted by Crippen LogP contribution is 2.16. The van der Waals surface area contributed by atoms with Crippen LogP contribution in [0.4, 0.5) is 4.79 Å². The summed E-state index contributed by atoms with van der Waals surface area (Å²) < 4.78 is 5.14. The number of nitrogens with two attached hydrogens (primary N) is 1. The van der Waals surface area contributed by atoms with Crippen LogP contribution in [0.3, 0.4) is 0 Å². The van der Waals surface area contributed by atoms with Gasteiger partial charge in [-0.2, -0.15) is 0 Å². The van der Waals surface area contributed by atoms with E-state index in [4.69, 9.17) is 10.5 Å². The molecule has 2 unspecified atom stereocenters. The lowest BCUT2D eigenvalue weighted by Crippen LogP contribution is -2.35. The zero-order valence-corrected chi connectivity index (χ0v) is 11.8. The number of hydrogen-bond donors (Lipinski definition) is 3. The van der Waals surface area contributed by atoms with E-state index in [1.807, 2.05) is 20.8 Å². The van der Waals surface area contributed by atoms with Crippen molar-refractivity contribution in [3.63, 3.8) is 0 Å². The Morgan fingerprint density at radius 2 is 2.06 bits per heavy atom. The molecule has 4 N–H and O–H groups in total. The Hall–Kier alpha value is -0.810. The number of hydrogen-bond acceptors (Lipinski definition) is 4. The van der Waals surface area contributed by atoms with Crippen molar-refractivity contribution in [3.05, 3.63) is 0 Å². The van der Waals surface area contributed by atoms with E-state index in [0.29, 0.717) is 18.6 Å². The second-order valence-electron chi connectivity index (χ2n) is 6.01. The monoisotopic (exact) mass is 257 g/mol. The van der Waals surface area contributed by atoms with Crippen LogP contribution in [-0.2, 0) is 4.74 Å². The predicted molar refractivity (Wildman–Crippen MR) is 72.5 cm³/mol. The van der Waals surface area contributed by atoms with Crippen molar-refractivity contribution in [1.82, 2.24) is 10.6 Å². The number of nitrogens with one attached hydrogen (secondary N) is 2. The van der Waals surface area contributed by atoms with Gasteiger partial charge in [0.15, 0.2) is 0 Å². The van der Waals surface area contributed by atoms with Crippen LogP contribution in [0, 0.1) is 0 Å². The molecule has 0 aromatic heterocycles. The molecule has 1 rings (SSSR count). The van der Waals surface area contributed by atoms with Crippen molar-refractivity contribution < 1.29 is 9.53 Å². The minimum Gasteiger partial charge on any atom is -0.444 e. The highest BCUT2D eigenvalue weighted by molar-refractivity contribution is 5.67. The van der Waals surface area contributed by atoms with Crippen LogP contribution in [0.5, 0.6) is 0 Å². The summed E-state index contributed by atoms with van der Waals surface area (Å²) in [4.78, 5) is 11.4. The van der Waals surface area contributed by atoms with E-state index in [1.54, 1.807) is 0 Å². The van der Waals surface area contributed by atoms with Crippen molar-refractivity contribution in [2.75, 3.05) is 13.1 Å². The normalized spacial score (nSPS) is 24.0. The van der Waals surface area contributed by atoms with E-state index in [0.717, 1.165) is 25.8 Å². The van der Waals surface area contributed by atoms with Crippen molar-refractivity contribution in [3.8, 4) is 0 Å². The molecule has 2 atom stereocenters. The van der Waals surface area contributed by atoms with Gasteiger partial charge in [-0.25, -0.2) is 4.79 Å². The molecule has 0 aliphatic heterocycles. The van der Waals surface area contributed by atoms with Gasteiger partial charge < -0.3 is 21.1 Å². The van der Waals surface area contributed by atoms with Crippen LogP contribution in [0.25, 0.3) is 0 Å². The fraction of sp³-hybridized carbons (Fsp3) is 0.923. The summed E-state index contributed by atoms with van der Waals surface area (Å²) in [7, 11) is 0. The molecule has 0 heterocycles. The van der Waals surface area contributed by atoms with Gasteiger partial charge in [0.25, 0.3) is 0 Å². The molecule has 18 heavy (non-hydrogen) atoms. The molecule has 1 amide bonds. The van der Waals surface area contributed by atoms with Gasteiger partial charge >= 0.3 is 6.09 Å². The molecule has 0 aromatic rings. The maximum Gasteiger partial charge on any atom is 0.407 e. The summed E-state index contributed by atoms with van der Waals surface area (Å²) >= 11 is 0. The maximum absolute atomic E-state index is 11.4. The molecule has 1 aliphatic rings. The van der Waals surface area contributed by atoms with E-state index >= 15 is 0 Å². The van der Waals surface area contributed by atoms with Gasteiger partial charge in [0.05, 0.1) is 0 Å². The van der Waals surface area contributed by atoms with Gasteiger partial charge in [0.1, 0.15) is 5.60 Å². The predicted octanol–water partition coefficient (Wildman–Crippen LogP) is 1.37. The minimum atomic E-state index is -0.428. The molecular formula is C13H27N3O2. The van der Waals surface area contributed by atoms with E-state index in [-0.39, 0.29) is 6.09 Å². The van der Waals surface area contributed by atoms with Crippen LogP contribution in [0.2, 0.25) is 0 Å². The van der Waals surface area contributed by atoms with Gasteiger partial charge in [-0.15, -0.1) is 0 Å². The molecular weight excluding hydrogens is 230 g/mol. The molecule has 106 valence electrons. The number of carbonyl (C=O) groups is 1. The lowest BCUT2D eigenvalue weighted by atomic mass is 10.2. The fourth-order valence-electron chi connectivity index (χ4n) is 2.10. The molecule has 0 bridgehead atoms.